The fraction of sp³-hybridized carbons (Fsp3) is 0.316. The Kier molecular flexibility index (Phi) is 7.19. The van der Waals surface area contributed by atoms with Crippen LogP contribution in [0.3, 0.4) is 0 Å². The molecule has 134 valence electrons. The molecule has 0 atom stereocenters. The number of benzene rings is 2. The Morgan fingerprint density at radius 1 is 1.20 bits per heavy atom. The molecule has 1 aliphatic rings. The Morgan fingerprint density at radius 3 is 2.80 bits per heavy atom. The second kappa shape index (κ2) is 9.15. The topological polar surface area (TPSA) is 70.6 Å². The van der Waals surface area contributed by atoms with E-state index in [1.165, 1.54) is 30.0 Å². The van der Waals surface area contributed by atoms with E-state index in [0.29, 0.717) is 12.5 Å². The van der Waals surface area contributed by atoms with Gasteiger partial charge in [0, 0.05) is 11.3 Å². The minimum atomic E-state index is -0.410. The van der Waals surface area contributed by atoms with Crippen LogP contribution in [0.2, 0.25) is 0 Å². The van der Waals surface area contributed by atoms with Crippen molar-refractivity contribution in [1.29, 1.82) is 0 Å². The third-order valence-electron chi connectivity index (χ3n) is 4.37. The number of nitrogens with one attached hydrogen (secondary N) is 1. The molecule has 0 saturated carbocycles. The SMILES string of the molecule is I.NC(=NCc1ccc(F)c(CO)c1)Nc1cccc2c1CCCC2. The molecule has 0 heterocycles. The average Bonchev–Trinajstić information content (AvgIpc) is 2.61. The van der Waals surface area contributed by atoms with E-state index >= 15 is 0 Å². The van der Waals surface area contributed by atoms with Crippen molar-refractivity contribution in [1.82, 2.24) is 0 Å². The molecule has 0 unspecified atom stereocenters. The molecule has 0 amide bonds. The first-order valence-electron chi connectivity index (χ1n) is 8.23. The number of rotatable bonds is 4. The fourth-order valence-corrected chi connectivity index (χ4v) is 3.10. The molecule has 0 aliphatic heterocycles. The summed E-state index contributed by atoms with van der Waals surface area (Å²) in [7, 11) is 0. The van der Waals surface area contributed by atoms with Crippen molar-refractivity contribution in [3.63, 3.8) is 0 Å². The van der Waals surface area contributed by atoms with Gasteiger partial charge in [-0.05, 0) is 60.6 Å². The molecule has 2 aromatic carbocycles. The van der Waals surface area contributed by atoms with Crippen LogP contribution in [0.25, 0.3) is 0 Å². The summed E-state index contributed by atoms with van der Waals surface area (Å²) in [6.07, 6.45) is 4.60. The number of nitrogens with zero attached hydrogens (tertiary/aromatic N) is 1. The van der Waals surface area contributed by atoms with Gasteiger partial charge in [0.25, 0.3) is 0 Å². The molecule has 0 fully saturated rings. The van der Waals surface area contributed by atoms with Crippen LogP contribution in [-0.4, -0.2) is 11.1 Å². The van der Waals surface area contributed by atoms with E-state index in [9.17, 15) is 4.39 Å². The van der Waals surface area contributed by atoms with Gasteiger partial charge in [-0.1, -0.05) is 18.2 Å². The number of nitrogens with two attached hydrogens (primary N) is 1. The Morgan fingerprint density at radius 2 is 2.00 bits per heavy atom. The van der Waals surface area contributed by atoms with Crippen LogP contribution in [0.5, 0.6) is 0 Å². The Balaban J connectivity index is 0.00000225. The van der Waals surface area contributed by atoms with Gasteiger partial charge in [0.2, 0.25) is 0 Å². The van der Waals surface area contributed by atoms with Gasteiger partial charge in [-0.3, -0.25) is 0 Å². The molecule has 0 bridgehead atoms. The molecule has 6 heteroatoms. The Bertz CT molecular complexity index is 764. The number of aliphatic hydroxyl groups is 1. The molecule has 0 saturated heterocycles. The zero-order valence-electron chi connectivity index (χ0n) is 14.0. The van der Waals surface area contributed by atoms with Gasteiger partial charge in [0.15, 0.2) is 5.96 Å². The Labute approximate surface area is 164 Å². The van der Waals surface area contributed by atoms with Gasteiger partial charge in [-0.25, -0.2) is 9.38 Å². The van der Waals surface area contributed by atoms with Crippen LogP contribution in [0, 0.1) is 5.82 Å². The zero-order valence-corrected chi connectivity index (χ0v) is 16.3. The van der Waals surface area contributed by atoms with Crippen LogP contribution in [0.1, 0.15) is 35.1 Å². The third kappa shape index (κ3) is 4.92. The van der Waals surface area contributed by atoms with E-state index < -0.39 is 5.82 Å². The number of halogens is 2. The minimum Gasteiger partial charge on any atom is -0.392 e. The highest BCUT2D eigenvalue weighted by molar-refractivity contribution is 14.0. The molecule has 1 aliphatic carbocycles. The molecular formula is C19H23FIN3O. The minimum absolute atomic E-state index is 0. The van der Waals surface area contributed by atoms with Crippen molar-refractivity contribution in [2.24, 2.45) is 10.7 Å². The van der Waals surface area contributed by atoms with Crippen molar-refractivity contribution >= 4 is 35.6 Å². The highest BCUT2D eigenvalue weighted by Gasteiger charge is 2.13. The van der Waals surface area contributed by atoms with Crippen molar-refractivity contribution in [3.05, 3.63) is 64.5 Å². The summed E-state index contributed by atoms with van der Waals surface area (Å²) in [5.74, 6) is -0.0731. The summed E-state index contributed by atoms with van der Waals surface area (Å²) in [5, 5.41) is 12.3. The lowest BCUT2D eigenvalue weighted by Gasteiger charge is -2.19. The summed E-state index contributed by atoms with van der Waals surface area (Å²) in [5.41, 5.74) is 10.8. The van der Waals surface area contributed by atoms with Gasteiger partial charge in [0.05, 0.1) is 13.2 Å². The number of hydrogen-bond donors (Lipinski definition) is 3. The number of aryl methyl sites for hydroxylation is 1. The lowest BCUT2D eigenvalue weighted by atomic mass is 9.90. The quantitative estimate of drug-likeness (QED) is 0.374. The molecule has 4 N–H and O–H groups in total. The maximum Gasteiger partial charge on any atom is 0.193 e. The van der Waals surface area contributed by atoms with Crippen molar-refractivity contribution < 1.29 is 9.50 Å². The highest BCUT2D eigenvalue weighted by atomic mass is 127. The molecule has 2 aromatic rings. The van der Waals surface area contributed by atoms with E-state index in [4.69, 9.17) is 10.8 Å². The largest absolute Gasteiger partial charge is 0.392 e. The first-order chi connectivity index (χ1) is 11.7. The summed E-state index contributed by atoms with van der Waals surface area (Å²) >= 11 is 0. The molecule has 25 heavy (non-hydrogen) atoms. The maximum atomic E-state index is 13.4. The summed E-state index contributed by atoms with van der Waals surface area (Å²) < 4.78 is 13.4. The normalized spacial score (nSPS) is 13.8. The van der Waals surface area contributed by atoms with Gasteiger partial charge < -0.3 is 16.2 Å². The van der Waals surface area contributed by atoms with Crippen LogP contribution >= 0.6 is 24.0 Å². The second-order valence-electron chi connectivity index (χ2n) is 6.06. The zero-order chi connectivity index (χ0) is 16.9. The number of guanidine groups is 1. The smallest absolute Gasteiger partial charge is 0.193 e. The van der Waals surface area contributed by atoms with Crippen LogP contribution < -0.4 is 11.1 Å². The second-order valence-corrected chi connectivity index (χ2v) is 6.06. The fourth-order valence-electron chi connectivity index (χ4n) is 3.10. The van der Waals surface area contributed by atoms with Gasteiger partial charge in [-0.2, -0.15) is 0 Å². The Hall–Kier alpha value is -1.67. The van der Waals surface area contributed by atoms with E-state index in [1.807, 2.05) is 12.1 Å². The van der Waals surface area contributed by atoms with Gasteiger partial charge >= 0.3 is 0 Å². The van der Waals surface area contributed by atoms with E-state index in [0.717, 1.165) is 24.1 Å². The number of fused-ring (bicyclic) bond motifs is 1. The predicted octanol–water partition coefficient (Wildman–Crippen LogP) is 3.74. The monoisotopic (exact) mass is 455 g/mol. The number of hydrogen-bond acceptors (Lipinski definition) is 2. The molecular weight excluding hydrogens is 432 g/mol. The lowest BCUT2D eigenvalue weighted by Crippen LogP contribution is -2.24. The van der Waals surface area contributed by atoms with Crippen molar-refractivity contribution in [3.8, 4) is 0 Å². The first-order valence-corrected chi connectivity index (χ1v) is 8.23. The number of aliphatic hydroxyl groups excluding tert-OH is 1. The molecule has 0 spiro atoms. The molecule has 0 aromatic heterocycles. The van der Waals surface area contributed by atoms with Crippen LogP contribution in [-0.2, 0) is 26.0 Å². The van der Waals surface area contributed by atoms with Crippen LogP contribution in [0.15, 0.2) is 41.4 Å². The van der Waals surface area contributed by atoms with Gasteiger partial charge in [0.1, 0.15) is 5.82 Å². The number of aliphatic imine (C=N–C) groups is 1. The highest BCUT2D eigenvalue weighted by Crippen LogP contribution is 2.27. The average molecular weight is 455 g/mol. The van der Waals surface area contributed by atoms with Crippen LogP contribution in [0.4, 0.5) is 10.1 Å². The van der Waals surface area contributed by atoms with Crippen molar-refractivity contribution in [2.45, 2.75) is 38.8 Å². The van der Waals surface area contributed by atoms with Crippen molar-refractivity contribution in [2.75, 3.05) is 5.32 Å². The first kappa shape index (κ1) is 19.7. The van der Waals surface area contributed by atoms with E-state index in [2.05, 4.69) is 16.4 Å². The van der Waals surface area contributed by atoms with E-state index in [-0.39, 0.29) is 36.1 Å². The molecule has 0 radical (unpaired) electrons. The summed E-state index contributed by atoms with van der Waals surface area (Å²) in [6.45, 7) is 0.00834. The molecule has 4 nitrogen and oxygen atoms in total. The molecule has 3 rings (SSSR count). The lowest BCUT2D eigenvalue weighted by molar-refractivity contribution is 0.275. The number of anilines is 1. The predicted molar refractivity (Wildman–Crippen MR) is 110 cm³/mol. The summed E-state index contributed by atoms with van der Waals surface area (Å²) in [4.78, 5) is 4.32. The van der Waals surface area contributed by atoms with Gasteiger partial charge in [-0.15, -0.1) is 24.0 Å². The standard InChI is InChI=1S/C19H22FN3O.HI/c20-17-9-8-13(10-15(17)12-24)11-22-19(21)23-18-7-3-5-14-4-1-2-6-16(14)18;/h3,5,7-10,24H,1-2,4,6,11-12H2,(H3,21,22,23);1H. The summed E-state index contributed by atoms with van der Waals surface area (Å²) in [6, 6.07) is 10.8. The van der Waals surface area contributed by atoms with E-state index in [1.54, 1.807) is 12.1 Å². The third-order valence-corrected chi connectivity index (χ3v) is 4.37. The maximum absolute atomic E-state index is 13.4.